The number of ether oxygens (including phenoxy) is 1. The van der Waals surface area contributed by atoms with E-state index >= 15 is 0 Å². The minimum atomic E-state index is -0.256. The van der Waals surface area contributed by atoms with Gasteiger partial charge in [-0.1, -0.05) is 17.3 Å². The number of hydrogen-bond donors (Lipinski definition) is 1. The third kappa shape index (κ3) is 4.96. The smallest absolute Gasteiger partial charge is 0.290 e. The lowest BCUT2D eigenvalue weighted by Crippen LogP contribution is -2.34. The summed E-state index contributed by atoms with van der Waals surface area (Å²) in [5.41, 5.74) is 4.28. The van der Waals surface area contributed by atoms with Crippen molar-refractivity contribution in [2.24, 2.45) is 7.05 Å². The fourth-order valence-electron chi connectivity index (χ4n) is 3.98. The van der Waals surface area contributed by atoms with E-state index in [4.69, 9.17) is 9.26 Å². The largest absolute Gasteiger partial charge is 0.497 e. The third-order valence-electron chi connectivity index (χ3n) is 6.02. The van der Waals surface area contributed by atoms with Crippen LogP contribution >= 0.6 is 0 Å². The lowest BCUT2D eigenvalue weighted by atomic mass is 9.94. The Hall–Kier alpha value is -3.13. The number of aryl methyl sites for hydroxylation is 1. The van der Waals surface area contributed by atoms with Gasteiger partial charge in [-0.25, -0.2) is 0 Å². The highest BCUT2D eigenvalue weighted by Gasteiger charge is 2.26. The van der Waals surface area contributed by atoms with E-state index < -0.39 is 0 Å². The molecule has 8 nitrogen and oxygen atoms in total. The van der Waals surface area contributed by atoms with Crippen LogP contribution in [0.15, 0.2) is 41.1 Å². The molecule has 1 amide bonds. The number of carbonyl (C=O) groups excluding carboxylic acids is 1. The van der Waals surface area contributed by atoms with Crippen molar-refractivity contribution in [1.29, 1.82) is 0 Å². The average molecular weight is 424 g/mol. The van der Waals surface area contributed by atoms with Gasteiger partial charge in [-0.15, -0.1) is 0 Å². The van der Waals surface area contributed by atoms with E-state index in [1.165, 1.54) is 11.3 Å². The molecule has 1 N–H and O–H groups in total. The molecule has 1 unspecified atom stereocenters. The summed E-state index contributed by atoms with van der Waals surface area (Å²) in [5.74, 6) is 1.05. The maximum atomic E-state index is 12.5. The minimum absolute atomic E-state index is 0.253. The van der Waals surface area contributed by atoms with E-state index in [-0.39, 0.29) is 17.6 Å². The van der Waals surface area contributed by atoms with Gasteiger partial charge in [-0.05, 0) is 44.0 Å². The third-order valence-corrected chi connectivity index (χ3v) is 6.02. The number of piperidine rings is 1. The number of nitrogens with one attached hydrogen (secondary N) is 1. The van der Waals surface area contributed by atoms with Gasteiger partial charge in [-0.3, -0.25) is 14.4 Å². The first kappa shape index (κ1) is 21.1. The summed E-state index contributed by atoms with van der Waals surface area (Å²) in [7, 11) is 3.60. The highest BCUT2D eigenvalue weighted by atomic mass is 16.5. The normalized spacial score (nSPS) is 16.9. The van der Waals surface area contributed by atoms with Crippen molar-refractivity contribution in [2.45, 2.75) is 38.8 Å². The lowest BCUT2D eigenvalue weighted by molar-refractivity contribution is 0.0913. The Kier molecular flexibility index (Phi) is 6.36. The van der Waals surface area contributed by atoms with Gasteiger partial charge in [0.05, 0.1) is 19.0 Å². The molecule has 2 aromatic heterocycles. The van der Waals surface area contributed by atoms with Crippen LogP contribution in [0.5, 0.6) is 5.75 Å². The number of benzene rings is 1. The highest BCUT2D eigenvalue weighted by Crippen LogP contribution is 2.28. The number of nitrogens with zero attached hydrogens (tertiary/aromatic N) is 4. The molecule has 1 aliphatic rings. The van der Waals surface area contributed by atoms with Crippen molar-refractivity contribution in [3.05, 3.63) is 64.8 Å². The Morgan fingerprint density at radius 2 is 2.13 bits per heavy atom. The second-order valence-corrected chi connectivity index (χ2v) is 8.10. The molecule has 31 heavy (non-hydrogen) atoms. The van der Waals surface area contributed by atoms with Gasteiger partial charge in [0.2, 0.25) is 5.76 Å². The molecule has 1 atom stereocenters. The Labute approximate surface area is 182 Å². The van der Waals surface area contributed by atoms with Crippen molar-refractivity contribution in [1.82, 2.24) is 25.2 Å². The molecule has 4 rings (SSSR count). The summed E-state index contributed by atoms with van der Waals surface area (Å²) in [6.45, 7) is 5.34. The van der Waals surface area contributed by atoms with Crippen molar-refractivity contribution in [3.63, 3.8) is 0 Å². The monoisotopic (exact) mass is 423 g/mol. The van der Waals surface area contributed by atoms with E-state index in [0.717, 1.165) is 49.5 Å². The highest BCUT2D eigenvalue weighted by molar-refractivity contribution is 5.91. The van der Waals surface area contributed by atoms with Gasteiger partial charge in [0.25, 0.3) is 5.91 Å². The molecule has 0 radical (unpaired) electrons. The van der Waals surface area contributed by atoms with Crippen LogP contribution < -0.4 is 10.1 Å². The first-order valence-electron chi connectivity index (χ1n) is 10.6. The summed E-state index contributed by atoms with van der Waals surface area (Å²) in [6.07, 6.45) is 4.08. The number of amides is 1. The summed E-state index contributed by atoms with van der Waals surface area (Å²) in [5, 5.41) is 11.4. The van der Waals surface area contributed by atoms with Gasteiger partial charge < -0.3 is 14.6 Å². The van der Waals surface area contributed by atoms with Crippen LogP contribution in [0.25, 0.3) is 0 Å². The fraction of sp³-hybridized carbons (Fsp3) is 0.435. The maximum Gasteiger partial charge on any atom is 0.290 e. The molecular weight excluding hydrogens is 394 g/mol. The van der Waals surface area contributed by atoms with Crippen molar-refractivity contribution in [2.75, 3.05) is 20.2 Å². The van der Waals surface area contributed by atoms with Crippen molar-refractivity contribution >= 4 is 5.91 Å². The molecule has 3 heterocycles. The topological polar surface area (TPSA) is 85.4 Å². The van der Waals surface area contributed by atoms with Crippen LogP contribution in [-0.2, 0) is 20.1 Å². The Morgan fingerprint density at radius 3 is 2.84 bits per heavy atom. The molecule has 0 saturated carbocycles. The molecule has 1 aromatic carbocycles. The van der Waals surface area contributed by atoms with E-state index in [0.29, 0.717) is 6.54 Å². The first-order chi connectivity index (χ1) is 15.0. The molecule has 164 valence electrons. The molecule has 1 saturated heterocycles. The van der Waals surface area contributed by atoms with Gasteiger partial charge >= 0.3 is 0 Å². The van der Waals surface area contributed by atoms with Gasteiger partial charge in [0.1, 0.15) is 5.75 Å². The number of methoxy groups -OCH3 is 1. The Bertz CT molecular complexity index is 1020. The van der Waals surface area contributed by atoms with E-state index in [9.17, 15) is 4.79 Å². The zero-order valence-corrected chi connectivity index (χ0v) is 18.3. The van der Waals surface area contributed by atoms with Gasteiger partial charge in [-0.2, -0.15) is 5.10 Å². The minimum Gasteiger partial charge on any atom is -0.497 e. The summed E-state index contributed by atoms with van der Waals surface area (Å²) in [4.78, 5) is 14.9. The van der Waals surface area contributed by atoms with Crippen LogP contribution in [0.2, 0.25) is 0 Å². The molecule has 3 aromatic rings. The van der Waals surface area contributed by atoms with Crippen LogP contribution in [0.1, 0.15) is 51.8 Å². The zero-order chi connectivity index (χ0) is 21.8. The molecule has 0 spiro atoms. The maximum absolute atomic E-state index is 12.5. The average Bonchev–Trinajstić information content (AvgIpc) is 3.41. The molecule has 0 bridgehead atoms. The Balaban J connectivity index is 1.33. The number of hydrogen-bond acceptors (Lipinski definition) is 6. The summed E-state index contributed by atoms with van der Waals surface area (Å²) in [6, 6.07) is 9.37. The molecular formula is C23H29N5O3. The Morgan fingerprint density at radius 1 is 1.32 bits per heavy atom. The fourth-order valence-corrected chi connectivity index (χ4v) is 3.98. The van der Waals surface area contributed by atoms with E-state index in [2.05, 4.69) is 27.4 Å². The molecule has 1 aliphatic heterocycles. The van der Waals surface area contributed by atoms with Crippen LogP contribution in [0.3, 0.4) is 0 Å². The summed E-state index contributed by atoms with van der Waals surface area (Å²) < 4.78 is 12.4. The van der Waals surface area contributed by atoms with E-state index in [1.807, 2.05) is 42.2 Å². The number of aromatic nitrogens is 3. The number of rotatable bonds is 7. The van der Waals surface area contributed by atoms with Crippen molar-refractivity contribution in [3.8, 4) is 5.75 Å². The zero-order valence-electron chi connectivity index (χ0n) is 18.3. The molecule has 1 fully saturated rings. The van der Waals surface area contributed by atoms with Crippen molar-refractivity contribution < 1.29 is 14.1 Å². The van der Waals surface area contributed by atoms with Gasteiger partial charge in [0.15, 0.2) is 0 Å². The predicted octanol–water partition coefficient (Wildman–Crippen LogP) is 3.03. The predicted molar refractivity (Wildman–Crippen MR) is 116 cm³/mol. The second-order valence-electron chi connectivity index (χ2n) is 8.10. The quantitative estimate of drug-likeness (QED) is 0.629. The van der Waals surface area contributed by atoms with Crippen LogP contribution in [0.4, 0.5) is 0 Å². The lowest BCUT2D eigenvalue weighted by Gasteiger charge is -2.31. The molecule has 8 heteroatoms. The number of carbonyl (C=O) groups is 1. The van der Waals surface area contributed by atoms with Gasteiger partial charge in [0, 0.05) is 49.9 Å². The summed E-state index contributed by atoms with van der Waals surface area (Å²) >= 11 is 0. The standard InChI is InChI=1S/C23H29N5O3/c1-16-19(13-25-27(16)2)15-28-10-4-5-18(14-28)21-11-22(31-26-21)23(29)24-12-17-6-8-20(30-3)9-7-17/h6-9,11,13,18H,4-5,10,12,14-15H2,1-3H3,(H,24,29). The second kappa shape index (κ2) is 9.34. The molecule has 0 aliphatic carbocycles. The SMILES string of the molecule is COc1ccc(CNC(=O)c2cc(C3CCCN(Cc4cnn(C)c4C)C3)no2)cc1. The first-order valence-corrected chi connectivity index (χ1v) is 10.6. The van der Waals surface area contributed by atoms with E-state index in [1.54, 1.807) is 13.2 Å². The number of likely N-dealkylation sites (tertiary alicyclic amines) is 1. The van der Waals surface area contributed by atoms with Crippen LogP contribution in [-0.4, -0.2) is 45.9 Å². The van der Waals surface area contributed by atoms with Crippen LogP contribution in [0, 0.1) is 6.92 Å².